The highest BCUT2D eigenvalue weighted by molar-refractivity contribution is 9.10. The number of aryl methyl sites for hydroxylation is 1. The smallest absolute Gasteiger partial charge is 0.225 e. The molecule has 3 fully saturated rings. The van der Waals surface area contributed by atoms with Crippen LogP contribution in [0.25, 0.3) is 0 Å². The molecule has 35 heavy (non-hydrogen) atoms. The number of benzene rings is 1. The molecule has 2 aliphatic heterocycles. The van der Waals surface area contributed by atoms with Crippen molar-refractivity contribution in [2.75, 3.05) is 31.1 Å². The van der Waals surface area contributed by atoms with Crippen LogP contribution in [0.1, 0.15) is 56.6 Å². The van der Waals surface area contributed by atoms with E-state index in [1.54, 1.807) is 5.57 Å². The van der Waals surface area contributed by atoms with Crippen LogP contribution >= 0.6 is 15.9 Å². The number of rotatable bonds is 6. The standard InChI is InChI=1S/C29H37BrN4O/c1-21-5-3-4-6-27(21)34(22(2)24-7-8-24)26-12-17-33(18-13-26)29(35)25-10-15-32(16-11-25)20-23-9-14-31-28(30)19-23/h3-6,9,14,19,25-26H,7-8,10-13,15-18,20H2,1-2H3. The molecule has 1 aromatic heterocycles. The Morgan fingerprint density at radius 1 is 1.06 bits per heavy atom. The molecule has 0 unspecified atom stereocenters. The summed E-state index contributed by atoms with van der Waals surface area (Å²) in [6.07, 6.45) is 8.34. The van der Waals surface area contributed by atoms with Gasteiger partial charge in [-0.25, -0.2) is 4.98 Å². The number of anilines is 1. The lowest BCUT2D eigenvalue weighted by molar-refractivity contribution is -0.138. The number of hydrogen-bond acceptors (Lipinski definition) is 4. The van der Waals surface area contributed by atoms with Crippen LogP contribution in [0, 0.1) is 12.8 Å². The van der Waals surface area contributed by atoms with Crippen LogP contribution in [0.15, 0.2) is 58.5 Å². The lowest BCUT2D eigenvalue weighted by atomic mass is 9.93. The second-order valence-electron chi connectivity index (χ2n) is 10.4. The van der Waals surface area contributed by atoms with Crippen LogP contribution in [0.4, 0.5) is 5.69 Å². The molecule has 6 heteroatoms. The molecule has 1 aromatic carbocycles. The molecule has 1 amide bonds. The molecule has 0 spiro atoms. The summed E-state index contributed by atoms with van der Waals surface area (Å²) in [6, 6.07) is 13.4. The second kappa shape index (κ2) is 10.8. The zero-order valence-corrected chi connectivity index (χ0v) is 22.6. The number of hydrogen-bond donors (Lipinski definition) is 0. The van der Waals surface area contributed by atoms with Crippen molar-refractivity contribution in [1.82, 2.24) is 14.8 Å². The van der Waals surface area contributed by atoms with E-state index in [-0.39, 0.29) is 5.92 Å². The van der Waals surface area contributed by atoms with Gasteiger partial charge in [0.15, 0.2) is 0 Å². The normalized spacial score (nSPS) is 19.6. The molecule has 0 atom stereocenters. The Bertz CT molecular complexity index is 1080. The number of halogens is 1. The number of likely N-dealkylation sites (tertiary alicyclic amines) is 2. The van der Waals surface area contributed by atoms with E-state index < -0.39 is 0 Å². The minimum absolute atomic E-state index is 0.176. The topological polar surface area (TPSA) is 39.7 Å². The number of carbonyl (C=O) groups is 1. The summed E-state index contributed by atoms with van der Waals surface area (Å²) in [7, 11) is 0. The summed E-state index contributed by atoms with van der Waals surface area (Å²) >= 11 is 3.46. The van der Waals surface area contributed by atoms with Crippen LogP contribution in [-0.2, 0) is 11.3 Å². The van der Waals surface area contributed by atoms with Gasteiger partial charge in [0.05, 0.1) is 0 Å². The summed E-state index contributed by atoms with van der Waals surface area (Å²) in [5.74, 6) is 0.559. The van der Waals surface area contributed by atoms with Gasteiger partial charge in [0, 0.05) is 49.2 Å². The molecule has 0 radical (unpaired) electrons. The van der Waals surface area contributed by atoms with Crippen molar-refractivity contribution in [1.29, 1.82) is 0 Å². The van der Waals surface area contributed by atoms with Crippen molar-refractivity contribution in [2.45, 2.75) is 65.0 Å². The van der Waals surface area contributed by atoms with Gasteiger partial charge in [-0.05, 0) is 111 Å². The minimum atomic E-state index is 0.176. The van der Waals surface area contributed by atoms with Gasteiger partial charge >= 0.3 is 0 Å². The van der Waals surface area contributed by atoms with Gasteiger partial charge in [-0.1, -0.05) is 23.8 Å². The van der Waals surface area contributed by atoms with Crippen molar-refractivity contribution in [2.24, 2.45) is 5.92 Å². The van der Waals surface area contributed by atoms with E-state index in [1.165, 1.54) is 35.4 Å². The van der Waals surface area contributed by atoms with Crippen LogP contribution in [0.5, 0.6) is 0 Å². The van der Waals surface area contributed by atoms with Crippen LogP contribution in [0.3, 0.4) is 0 Å². The maximum atomic E-state index is 13.4. The Hall–Kier alpha value is -2.18. The number of nitrogens with zero attached hydrogens (tertiary/aromatic N) is 4. The Morgan fingerprint density at radius 2 is 1.77 bits per heavy atom. The van der Waals surface area contributed by atoms with Crippen molar-refractivity contribution < 1.29 is 4.79 Å². The maximum absolute atomic E-state index is 13.4. The van der Waals surface area contributed by atoms with E-state index in [0.717, 1.165) is 63.0 Å². The predicted octanol–water partition coefficient (Wildman–Crippen LogP) is 5.93. The number of amides is 1. The number of allylic oxidation sites excluding steroid dienone is 2. The number of para-hydroxylation sites is 1. The average Bonchev–Trinajstić information content (AvgIpc) is 3.72. The summed E-state index contributed by atoms with van der Waals surface area (Å²) in [5.41, 5.74) is 6.98. The van der Waals surface area contributed by atoms with Crippen molar-refractivity contribution in [3.05, 3.63) is 69.6 Å². The third-order valence-corrected chi connectivity index (χ3v) is 8.46. The number of piperidine rings is 2. The summed E-state index contributed by atoms with van der Waals surface area (Å²) in [5, 5.41) is 0. The molecule has 1 aliphatic carbocycles. The van der Waals surface area contributed by atoms with Crippen LogP contribution < -0.4 is 4.90 Å². The van der Waals surface area contributed by atoms with Crippen molar-refractivity contribution in [3.63, 3.8) is 0 Å². The van der Waals surface area contributed by atoms with E-state index in [1.807, 2.05) is 6.20 Å². The summed E-state index contributed by atoms with van der Waals surface area (Å²) in [6.45, 7) is 9.16. The quantitative estimate of drug-likeness (QED) is 0.429. The number of pyridine rings is 1. The molecule has 2 saturated heterocycles. The molecule has 5 rings (SSSR count). The summed E-state index contributed by atoms with van der Waals surface area (Å²) in [4.78, 5) is 24.8. The van der Waals surface area contributed by atoms with E-state index in [4.69, 9.17) is 0 Å². The Morgan fingerprint density at radius 3 is 2.43 bits per heavy atom. The van der Waals surface area contributed by atoms with Gasteiger partial charge in [0.1, 0.15) is 4.60 Å². The Labute approximate surface area is 218 Å². The van der Waals surface area contributed by atoms with Gasteiger partial charge in [-0.15, -0.1) is 0 Å². The first kappa shape index (κ1) is 24.5. The first-order valence-corrected chi connectivity index (χ1v) is 13.9. The molecule has 2 aromatic rings. The third-order valence-electron chi connectivity index (χ3n) is 8.02. The van der Waals surface area contributed by atoms with Gasteiger partial charge in [-0.3, -0.25) is 9.69 Å². The molecule has 1 saturated carbocycles. The van der Waals surface area contributed by atoms with E-state index in [2.05, 4.69) is 85.9 Å². The first-order chi connectivity index (χ1) is 17.0. The number of carbonyl (C=O) groups excluding carboxylic acids is 1. The van der Waals surface area contributed by atoms with Crippen molar-refractivity contribution >= 4 is 27.5 Å². The van der Waals surface area contributed by atoms with Crippen LogP contribution in [0.2, 0.25) is 0 Å². The molecule has 0 bridgehead atoms. The lowest BCUT2D eigenvalue weighted by Gasteiger charge is -2.42. The molecular weight excluding hydrogens is 500 g/mol. The highest BCUT2D eigenvalue weighted by atomic mass is 79.9. The van der Waals surface area contributed by atoms with Gasteiger partial charge in [0.25, 0.3) is 0 Å². The number of aromatic nitrogens is 1. The molecule has 5 nitrogen and oxygen atoms in total. The third kappa shape index (κ3) is 5.80. The van der Waals surface area contributed by atoms with Crippen LogP contribution in [-0.4, -0.2) is 52.9 Å². The fourth-order valence-electron chi connectivity index (χ4n) is 5.82. The molecule has 186 valence electrons. The van der Waals surface area contributed by atoms with E-state index in [0.29, 0.717) is 11.9 Å². The predicted molar refractivity (Wildman–Crippen MR) is 145 cm³/mol. The zero-order chi connectivity index (χ0) is 24.4. The van der Waals surface area contributed by atoms with Crippen molar-refractivity contribution in [3.8, 4) is 0 Å². The first-order valence-electron chi connectivity index (χ1n) is 13.1. The van der Waals surface area contributed by atoms with E-state index in [9.17, 15) is 4.79 Å². The molecule has 3 aliphatic rings. The lowest BCUT2D eigenvalue weighted by Crippen LogP contribution is -2.49. The average molecular weight is 538 g/mol. The van der Waals surface area contributed by atoms with Gasteiger partial charge in [0.2, 0.25) is 5.91 Å². The second-order valence-corrected chi connectivity index (χ2v) is 11.3. The fourth-order valence-corrected chi connectivity index (χ4v) is 6.23. The molecular formula is C29H37BrN4O. The Balaban J connectivity index is 1.16. The highest BCUT2D eigenvalue weighted by Crippen LogP contribution is 2.38. The fraction of sp³-hybridized carbons (Fsp3) is 0.517. The zero-order valence-electron chi connectivity index (χ0n) is 21.0. The highest BCUT2D eigenvalue weighted by Gasteiger charge is 2.34. The molecule has 0 N–H and O–H groups in total. The molecule has 3 heterocycles. The summed E-state index contributed by atoms with van der Waals surface area (Å²) < 4.78 is 0.882. The van der Waals surface area contributed by atoms with Gasteiger partial charge < -0.3 is 9.80 Å². The monoisotopic (exact) mass is 536 g/mol. The Kier molecular flexibility index (Phi) is 7.59. The van der Waals surface area contributed by atoms with E-state index >= 15 is 0 Å². The van der Waals surface area contributed by atoms with Gasteiger partial charge in [-0.2, -0.15) is 0 Å². The SMILES string of the molecule is CC(=C1CC1)N(c1ccccc1C)C1CCN(C(=O)C2CCN(Cc3ccnc(Br)c3)CC2)CC1. The maximum Gasteiger partial charge on any atom is 0.225 e. The minimum Gasteiger partial charge on any atom is -0.342 e. The largest absolute Gasteiger partial charge is 0.342 e.